The van der Waals surface area contributed by atoms with E-state index in [0.717, 1.165) is 0 Å². The highest BCUT2D eigenvalue weighted by atomic mass is 32.2. The Bertz CT molecular complexity index is 946. The van der Waals surface area contributed by atoms with E-state index < -0.39 is 66.8 Å². The number of carboxylic acids is 1. The minimum absolute atomic E-state index is 0.0713. The number of carbonyl (C=O) groups excluding carboxylic acids is 5. The Morgan fingerprint density at radius 2 is 1.43 bits per heavy atom. The maximum absolute atomic E-state index is 13.2. The Kier molecular flexibility index (Phi) is 14.3. The molecule has 7 N–H and O–H groups in total. The zero-order chi connectivity index (χ0) is 27.8. The number of aliphatic carboxylic acids is 1. The van der Waals surface area contributed by atoms with Crippen LogP contribution in [0.5, 0.6) is 0 Å². The van der Waals surface area contributed by atoms with Crippen LogP contribution in [0.15, 0.2) is 30.3 Å². The van der Waals surface area contributed by atoms with Gasteiger partial charge in [0.1, 0.15) is 18.1 Å². The van der Waals surface area contributed by atoms with Crippen molar-refractivity contribution in [3.8, 4) is 0 Å². The van der Waals surface area contributed by atoms with Crippen LogP contribution in [0.25, 0.3) is 0 Å². The summed E-state index contributed by atoms with van der Waals surface area (Å²) in [6.45, 7) is 1.48. The molecule has 1 aromatic rings. The SMILES string of the molecule is CCSC[C@H](NC(=O)[C@H](Cc1ccccc1)NC(=O)CNC(=O)CNC(C)=O)C(=O)N[C@@H](CO)C(=O)O. The summed E-state index contributed by atoms with van der Waals surface area (Å²) >= 11 is 1.33. The normalized spacial score (nSPS) is 12.8. The van der Waals surface area contributed by atoms with Crippen LogP contribution in [0, 0.1) is 0 Å². The molecule has 0 aliphatic rings. The second-order valence-corrected chi connectivity index (χ2v) is 9.12. The molecule has 14 heteroatoms. The summed E-state index contributed by atoms with van der Waals surface area (Å²) in [5, 5.41) is 30.2. The molecule has 0 bridgehead atoms. The molecule has 0 radical (unpaired) electrons. The molecule has 3 atom stereocenters. The van der Waals surface area contributed by atoms with E-state index >= 15 is 0 Å². The Morgan fingerprint density at radius 1 is 0.838 bits per heavy atom. The quantitative estimate of drug-likeness (QED) is 0.121. The Labute approximate surface area is 218 Å². The van der Waals surface area contributed by atoms with Gasteiger partial charge in [0.2, 0.25) is 29.5 Å². The lowest BCUT2D eigenvalue weighted by atomic mass is 10.0. The molecule has 0 saturated carbocycles. The highest BCUT2D eigenvalue weighted by Crippen LogP contribution is 2.07. The van der Waals surface area contributed by atoms with Crippen LogP contribution in [0.2, 0.25) is 0 Å². The standard InChI is InChI=1S/C23H33N5O8S/c1-3-37-13-18(22(34)27-17(12-29)23(35)36)28-21(33)16(9-15-7-5-4-6-8-15)26-20(32)11-25-19(31)10-24-14(2)30/h4-8,16-18,29H,3,9-13H2,1-2H3,(H,24,30)(H,25,31)(H,26,32)(H,27,34)(H,28,33)(H,35,36)/t16-,17-,18-/m0/s1. The number of carboxylic acid groups (broad SMARTS) is 1. The second kappa shape index (κ2) is 16.9. The first-order valence-corrected chi connectivity index (χ1v) is 12.6. The van der Waals surface area contributed by atoms with Gasteiger partial charge in [-0.1, -0.05) is 37.3 Å². The highest BCUT2D eigenvalue weighted by molar-refractivity contribution is 7.99. The van der Waals surface area contributed by atoms with Crippen molar-refractivity contribution in [3.05, 3.63) is 35.9 Å². The van der Waals surface area contributed by atoms with Crippen LogP contribution in [0.1, 0.15) is 19.4 Å². The summed E-state index contributed by atoms with van der Waals surface area (Å²) in [4.78, 5) is 72.1. The molecule has 0 unspecified atom stereocenters. The molecule has 5 amide bonds. The number of nitrogens with one attached hydrogen (secondary N) is 5. The molecular weight excluding hydrogens is 506 g/mol. The van der Waals surface area contributed by atoms with E-state index in [0.29, 0.717) is 11.3 Å². The number of benzene rings is 1. The number of aliphatic hydroxyl groups excluding tert-OH is 1. The fourth-order valence-corrected chi connectivity index (χ4v) is 3.61. The van der Waals surface area contributed by atoms with Gasteiger partial charge in [0.25, 0.3) is 0 Å². The van der Waals surface area contributed by atoms with Crippen LogP contribution in [0.3, 0.4) is 0 Å². The molecule has 1 rings (SSSR count). The van der Waals surface area contributed by atoms with Gasteiger partial charge in [-0.05, 0) is 11.3 Å². The molecule has 0 aromatic heterocycles. The zero-order valence-corrected chi connectivity index (χ0v) is 21.4. The van der Waals surface area contributed by atoms with Gasteiger partial charge in [-0.15, -0.1) is 0 Å². The van der Waals surface area contributed by atoms with Gasteiger partial charge >= 0.3 is 5.97 Å². The van der Waals surface area contributed by atoms with Gasteiger partial charge in [-0.25, -0.2) is 4.79 Å². The fraction of sp³-hybridized carbons (Fsp3) is 0.478. The molecule has 0 fully saturated rings. The number of rotatable bonds is 16. The molecular formula is C23H33N5O8S. The first kappa shape index (κ1) is 31.4. The third-order valence-electron chi connectivity index (χ3n) is 4.80. The van der Waals surface area contributed by atoms with Crippen molar-refractivity contribution in [1.82, 2.24) is 26.6 Å². The fourth-order valence-electron chi connectivity index (χ4n) is 2.90. The third-order valence-corrected chi connectivity index (χ3v) is 5.77. The van der Waals surface area contributed by atoms with Crippen molar-refractivity contribution in [3.63, 3.8) is 0 Å². The van der Waals surface area contributed by atoms with Crippen molar-refractivity contribution < 1.29 is 39.0 Å². The summed E-state index contributed by atoms with van der Waals surface area (Å²) in [7, 11) is 0. The molecule has 0 aliphatic heterocycles. The van der Waals surface area contributed by atoms with E-state index in [2.05, 4.69) is 26.6 Å². The van der Waals surface area contributed by atoms with E-state index in [1.807, 2.05) is 6.92 Å². The predicted molar refractivity (Wildman–Crippen MR) is 135 cm³/mol. The zero-order valence-electron chi connectivity index (χ0n) is 20.6. The van der Waals surface area contributed by atoms with E-state index in [1.54, 1.807) is 30.3 Å². The molecule has 0 heterocycles. The van der Waals surface area contributed by atoms with Crippen LogP contribution in [-0.2, 0) is 35.2 Å². The van der Waals surface area contributed by atoms with Crippen LogP contribution in [-0.4, -0.2) is 95.0 Å². The van der Waals surface area contributed by atoms with Gasteiger partial charge in [0, 0.05) is 19.1 Å². The van der Waals surface area contributed by atoms with E-state index in [-0.39, 0.29) is 18.7 Å². The van der Waals surface area contributed by atoms with Crippen molar-refractivity contribution in [2.24, 2.45) is 0 Å². The van der Waals surface area contributed by atoms with Crippen LogP contribution >= 0.6 is 11.8 Å². The molecule has 0 spiro atoms. The smallest absolute Gasteiger partial charge is 0.328 e. The summed E-state index contributed by atoms with van der Waals surface area (Å²) in [5.41, 5.74) is 0.716. The molecule has 13 nitrogen and oxygen atoms in total. The Morgan fingerprint density at radius 3 is 2.00 bits per heavy atom. The number of amides is 5. The maximum atomic E-state index is 13.2. The topological polar surface area (TPSA) is 203 Å². The number of aliphatic hydroxyl groups is 1. The van der Waals surface area contributed by atoms with Crippen molar-refractivity contribution in [1.29, 1.82) is 0 Å². The molecule has 204 valence electrons. The van der Waals surface area contributed by atoms with Crippen LogP contribution in [0.4, 0.5) is 0 Å². The first-order valence-electron chi connectivity index (χ1n) is 11.4. The first-order chi connectivity index (χ1) is 17.6. The summed E-state index contributed by atoms with van der Waals surface area (Å²) < 4.78 is 0. The maximum Gasteiger partial charge on any atom is 0.328 e. The lowest BCUT2D eigenvalue weighted by Crippen LogP contribution is -2.58. The van der Waals surface area contributed by atoms with E-state index in [9.17, 15) is 33.9 Å². The van der Waals surface area contributed by atoms with Crippen molar-refractivity contribution in [2.45, 2.75) is 38.4 Å². The molecule has 0 saturated heterocycles. The van der Waals surface area contributed by atoms with Crippen molar-refractivity contribution in [2.75, 3.05) is 31.2 Å². The lowest BCUT2D eigenvalue weighted by molar-refractivity contribution is -0.143. The monoisotopic (exact) mass is 539 g/mol. The van der Waals surface area contributed by atoms with E-state index in [1.165, 1.54) is 18.7 Å². The molecule has 0 aliphatic carbocycles. The Balaban J connectivity index is 2.95. The van der Waals surface area contributed by atoms with Gasteiger partial charge < -0.3 is 36.8 Å². The number of hydrogen-bond donors (Lipinski definition) is 7. The minimum atomic E-state index is -1.54. The third kappa shape index (κ3) is 12.7. The summed E-state index contributed by atoms with van der Waals surface area (Å²) in [6, 6.07) is 4.97. The Hall–Kier alpha value is -3.65. The summed E-state index contributed by atoms with van der Waals surface area (Å²) in [5.74, 6) is -3.88. The largest absolute Gasteiger partial charge is 0.480 e. The van der Waals surface area contributed by atoms with E-state index in [4.69, 9.17) is 5.11 Å². The second-order valence-electron chi connectivity index (χ2n) is 7.80. The molecule has 37 heavy (non-hydrogen) atoms. The average molecular weight is 540 g/mol. The minimum Gasteiger partial charge on any atom is -0.480 e. The number of hydrogen-bond acceptors (Lipinski definition) is 8. The molecule has 1 aromatic carbocycles. The highest BCUT2D eigenvalue weighted by Gasteiger charge is 2.29. The van der Waals surface area contributed by atoms with Gasteiger partial charge in [-0.3, -0.25) is 24.0 Å². The average Bonchev–Trinajstić information content (AvgIpc) is 2.86. The van der Waals surface area contributed by atoms with Gasteiger partial charge in [0.05, 0.1) is 19.7 Å². The predicted octanol–water partition coefficient (Wildman–Crippen LogP) is -2.23. The van der Waals surface area contributed by atoms with Gasteiger partial charge in [-0.2, -0.15) is 11.8 Å². The lowest BCUT2D eigenvalue weighted by Gasteiger charge is -2.24. The van der Waals surface area contributed by atoms with Gasteiger partial charge in [0.15, 0.2) is 0 Å². The number of thioether (sulfide) groups is 1. The van der Waals surface area contributed by atoms with Crippen molar-refractivity contribution >= 4 is 47.3 Å². The summed E-state index contributed by atoms with van der Waals surface area (Å²) in [6.07, 6.45) is 0.0713. The number of carbonyl (C=O) groups is 6. The van der Waals surface area contributed by atoms with Crippen LogP contribution < -0.4 is 26.6 Å².